The van der Waals surface area contributed by atoms with Crippen molar-refractivity contribution in [2.75, 3.05) is 0 Å². The lowest BCUT2D eigenvalue weighted by atomic mass is 9.99. The van der Waals surface area contributed by atoms with Gasteiger partial charge < -0.3 is 5.73 Å². The molecule has 0 amide bonds. The van der Waals surface area contributed by atoms with Crippen molar-refractivity contribution >= 4 is 0 Å². The summed E-state index contributed by atoms with van der Waals surface area (Å²) >= 11 is 0. The van der Waals surface area contributed by atoms with Crippen LogP contribution in [0.2, 0.25) is 0 Å². The second-order valence-corrected chi connectivity index (χ2v) is 2.12. The van der Waals surface area contributed by atoms with Crippen molar-refractivity contribution in [1.82, 2.24) is 0 Å². The molecule has 0 radical (unpaired) electrons. The van der Waals surface area contributed by atoms with Crippen LogP contribution < -0.4 is 5.73 Å². The average molecular weight is 125 g/mol. The van der Waals surface area contributed by atoms with Crippen molar-refractivity contribution < 1.29 is 0 Å². The van der Waals surface area contributed by atoms with Gasteiger partial charge in [0.2, 0.25) is 0 Å². The third-order valence-corrected chi connectivity index (χ3v) is 1.51. The molecule has 0 aliphatic carbocycles. The average Bonchev–Trinajstić information content (AvgIpc) is 1.90. The number of hydrogen-bond donors (Lipinski definition) is 1. The molecule has 0 bridgehead atoms. The van der Waals surface area contributed by atoms with Crippen LogP contribution in [0.4, 0.5) is 0 Å². The van der Waals surface area contributed by atoms with Crippen LogP contribution in [0.3, 0.4) is 0 Å². The van der Waals surface area contributed by atoms with Gasteiger partial charge in [-0.1, -0.05) is 19.1 Å². The molecular weight excluding hydrogens is 110 g/mol. The predicted octanol–water partition coefficient (Wildman–Crippen LogP) is 1.71. The van der Waals surface area contributed by atoms with Crippen molar-refractivity contribution in [2.24, 2.45) is 11.7 Å². The van der Waals surface area contributed by atoms with Crippen LogP contribution in [-0.2, 0) is 0 Å². The molecule has 0 heterocycles. The van der Waals surface area contributed by atoms with Gasteiger partial charge in [0.1, 0.15) is 0 Å². The Hall–Kier alpha value is -0.560. The zero-order valence-corrected chi connectivity index (χ0v) is 6.01. The Morgan fingerprint density at radius 1 is 1.44 bits per heavy atom. The zero-order chi connectivity index (χ0) is 7.28. The largest absolute Gasteiger partial charge is 0.327 e. The van der Waals surface area contributed by atoms with Crippen molar-refractivity contribution in [3.05, 3.63) is 25.3 Å². The van der Waals surface area contributed by atoms with Gasteiger partial charge in [-0.15, -0.1) is 13.2 Å². The molecule has 0 saturated heterocycles. The van der Waals surface area contributed by atoms with E-state index >= 15 is 0 Å². The van der Waals surface area contributed by atoms with E-state index in [9.17, 15) is 0 Å². The fourth-order valence-corrected chi connectivity index (χ4v) is 0.718. The second kappa shape index (κ2) is 4.33. The summed E-state index contributed by atoms with van der Waals surface area (Å²) in [6.45, 7) is 9.36. The molecule has 0 saturated carbocycles. The van der Waals surface area contributed by atoms with Crippen molar-refractivity contribution in [3.63, 3.8) is 0 Å². The lowest BCUT2D eigenvalue weighted by molar-refractivity contribution is 0.567. The van der Waals surface area contributed by atoms with E-state index in [-0.39, 0.29) is 12.0 Å². The summed E-state index contributed by atoms with van der Waals surface area (Å²) < 4.78 is 0. The summed E-state index contributed by atoms with van der Waals surface area (Å²) in [6.07, 6.45) is 4.64. The Morgan fingerprint density at radius 3 is 2.00 bits per heavy atom. The van der Waals surface area contributed by atoms with Gasteiger partial charge in [-0.05, 0) is 6.42 Å². The van der Waals surface area contributed by atoms with Crippen molar-refractivity contribution in [2.45, 2.75) is 19.4 Å². The van der Waals surface area contributed by atoms with E-state index in [4.69, 9.17) is 5.73 Å². The minimum absolute atomic E-state index is 0.194. The molecule has 52 valence electrons. The van der Waals surface area contributed by atoms with Gasteiger partial charge in [-0.25, -0.2) is 0 Å². The van der Waals surface area contributed by atoms with Gasteiger partial charge in [-0.2, -0.15) is 0 Å². The predicted molar refractivity (Wildman–Crippen MR) is 42.2 cm³/mol. The Bertz CT molecular complexity index is 88.7. The van der Waals surface area contributed by atoms with Gasteiger partial charge in [0.05, 0.1) is 0 Å². The number of nitrogens with two attached hydrogens (primary N) is 1. The topological polar surface area (TPSA) is 26.0 Å². The molecule has 0 aromatic rings. The van der Waals surface area contributed by atoms with Crippen LogP contribution in [0.15, 0.2) is 25.3 Å². The lowest BCUT2D eigenvalue weighted by Crippen LogP contribution is -2.26. The molecule has 0 aromatic carbocycles. The summed E-state index contributed by atoms with van der Waals surface area (Å²) in [6, 6.07) is 0.194. The third kappa shape index (κ3) is 2.47. The summed E-state index contributed by atoms with van der Waals surface area (Å²) in [7, 11) is 0. The van der Waals surface area contributed by atoms with Crippen LogP contribution in [0.5, 0.6) is 0 Å². The number of rotatable bonds is 4. The normalized spacial score (nSPS) is 13.2. The Labute approximate surface area is 57.3 Å². The highest BCUT2D eigenvalue weighted by Gasteiger charge is 2.06. The molecular formula is C8H15N. The third-order valence-electron chi connectivity index (χ3n) is 1.51. The van der Waals surface area contributed by atoms with Crippen LogP contribution in [0.25, 0.3) is 0 Å². The van der Waals surface area contributed by atoms with Crippen LogP contribution in [-0.4, -0.2) is 6.04 Å². The molecule has 1 unspecified atom stereocenters. The van der Waals surface area contributed by atoms with E-state index in [2.05, 4.69) is 20.1 Å². The molecule has 1 atom stereocenters. The summed E-state index contributed by atoms with van der Waals surface area (Å²) in [5.41, 5.74) is 5.70. The van der Waals surface area contributed by atoms with Gasteiger partial charge in [0.15, 0.2) is 0 Å². The Kier molecular flexibility index (Phi) is 4.06. The first-order valence-corrected chi connectivity index (χ1v) is 3.27. The highest BCUT2D eigenvalue weighted by Crippen LogP contribution is 2.06. The maximum atomic E-state index is 5.70. The molecule has 0 aliphatic heterocycles. The Morgan fingerprint density at radius 2 is 1.89 bits per heavy atom. The molecule has 0 aromatic heterocycles. The molecule has 0 rings (SSSR count). The van der Waals surface area contributed by atoms with E-state index in [0.717, 1.165) is 6.42 Å². The highest BCUT2D eigenvalue weighted by atomic mass is 14.6. The fourth-order valence-electron chi connectivity index (χ4n) is 0.718. The summed E-state index contributed by atoms with van der Waals surface area (Å²) in [5.74, 6) is 0.273. The van der Waals surface area contributed by atoms with Crippen molar-refractivity contribution in [1.29, 1.82) is 0 Å². The molecule has 0 aliphatic rings. The standard InChI is InChI=1S/C8H15N/c1-4-7(5-2)8(9)6-3/h4-5,7-8H,1-2,6,9H2,3H3. The zero-order valence-electron chi connectivity index (χ0n) is 6.01. The van der Waals surface area contributed by atoms with Crippen LogP contribution >= 0.6 is 0 Å². The SMILES string of the molecule is C=CC(C=C)C(N)CC. The number of hydrogen-bond acceptors (Lipinski definition) is 1. The molecule has 1 nitrogen and oxygen atoms in total. The first kappa shape index (κ1) is 8.44. The maximum absolute atomic E-state index is 5.70. The summed E-state index contributed by atoms with van der Waals surface area (Å²) in [5, 5.41) is 0. The molecule has 0 spiro atoms. The Balaban J connectivity index is 3.77. The highest BCUT2D eigenvalue weighted by molar-refractivity contribution is 4.97. The van der Waals surface area contributed by atoms with Gasteiger partial charge in [0, 0.05) is 12.0 Å². The van der Waals surface area contributed by atoms with Crippen molar-refractivity contribution in [3.8, 4) is 0 Å². The molecule has 9 heavy (non-hydrogen) atoms. The van der Waals surface area contributed by atoms with Gasteiger partial charge in [0.25, 0.3) is 0 Å². The van der Waals surface area contributed by atoms with E-state index in [1.54, 1.807) is 0 Å². The quantitative estimate of drug-likeness (QED) is 0.569. The van der Waals surface area contributed by atoms with E-state index in [1.807, 2.05) is 12.2 Å². The van der Waals surface area contributed by atoms with Gasteiger partial charge in [-0.3, -0.25) is 0 Å². The first-order valence-electron chi connectivity index (χ1n) is 3.27. The summed E-state index contributed by atoms with van der Waals surface area (Å²) in [4.78, 5) is 0. The minimum Gasteiger partial charge on any atom is -0.327 e. The van der Waals surface area contributed by atoms with E-state index < -0.39 is 0 Å². The van der Waals surface area contributed by atoms with Gasteiger partial charge >= 0.3 is 0 Å². The minimum atomic E-state index is 0.194. The van der Waals surface area contributed by atoms with E-state index in [1.165, 1.54) is 0 Å². The second-order valence-electron chi connectivity index (χ2n) is 2.12. The monoisotopic (exact) mass is 125 g/mol. The molecule has 1 heteroatoms. The smallest absolute Gasteiger partial charge is 0.0134 e. The van der Waals surface area contributed by atoms with Crippen LogP contribution in [0, 0.1) is 5.92 Å². The first-order chi connectivity index (χ1) is 4.26. The molecule has 0 fully saturated rings. The molecule has 2 N–H and O–H groups in total. The lowest BCUT2D eigenvalue weighted by Gasteiger charge is -2.13. The van der Waals surface area contributed by atoms with E-state index in [0.29, 0.717) is 0 Å². The van der Waals surface area contributed by atoms with Crippen LogP contribution in [0.1, 0.15) is 13.3 Å². The fraction of sp³-hybridized carbons (Fsp3) is 0.500. The maximum Gasteiger partial charge on any atom is 0.0134 e.